The molecule has 5 nitrogen and oxygen atoms in total. The number of carbonyl (C=O) groups is 2. The van der Waals surface area contributed by atoms with Crippen LogP contribution in [-0.2, 0) is 9.59 Å². The molecule has 18 heavy (non-hydrogen) atoms. The summed E-state index contributed by atoms with van der Waals surface area (Å²) in [6.07, 6.45) is 0.128. The quantitative estimate of drug-likeness (QED) is 0.710. The molecule has 5 heteroatoms. The zero-order valence-corrected chi connectivity index (χ0v) is 12.2. The van der Waals surface area contributed by atoms with Crippen molar-refractivity contribution < 1.29 is 14.7 Å². The van der Waals surface area contributed by atoms with E-state index in [4.69, 9.17) is 10.8 Å². The highest BCUT2D eigenvalue weighted by Crippen LogP contribution is 2.22. The minimum atomic E-state index is -1.03. The number of carboxylic acids is 1. The van der Waals surface area contributed by atoms with Gasteiger partial charge in [-0.05, 0) is 10.8 Å². The summed E-state index contributed by atoms with van der Waals surface area (Å²) in [6, 6.07) is -1.20. The first kappa shape index (κ1) is 16.9. The molecule has 1 amide bonds. The van der Waals surface area contributed by atoms with Crippen LogP contribution in [0.25, 0.3) is 0 Å². The van der Waals surface area contributed by atoms with Gasteiger partial charge in [-0.2, -0.15) is 0 Å². The molecule has 1 unspecified atom stereocenters. The molecule has 0 aromatic heterocycles. The van der Waals surface area contributed by atoms with Crippen molar-refractivity contribution in [2.24, 2.45) is 16.6 Å². The summed E-state index contributed by atoms with van der Waals surface area (Å²) >= 11 is 0. The van der Waals surface area contributed by atoms with E-state index in [1.165, 1.54) is 0 Å². The lowest BCUT2D eigenvalue weighted by Crippen LogP contribution is -2.51. The molecule has 2 atom stereocenters. The average Bonchev–Trinajstić information content (AvgIpc) is 2.10. The van der Waals surface area contributed by atoms with E-state index >= 15 is 0 Å². The number of nitrogens with two attached hydrogens (primary N) is 1. The lowest BCUT2D eigenvalue weighted by atomic mass is 9.84. The summed E-state index contributed by atoms with van der Waals surface area (Å²) in [5.74, 6) is -1.35. The number of rotatable bonds is 4. The van der Waals surface area contributed by atoms with Gasteiger partial charge < -0.3 is 16.2 Å². The fraction of sp³-hybridized carbons (Fsp3) is 0.846. The summed E-state index contributed by atoms with van der Waals surface area (Å²) in [5, 5.41) is 11.6. The molecule has 0 aromatic carbocycles. The first-order valence-corrected chi connectivity index (χ1v) is 6.13. The van der Waals surface area contributed by atoms with Crippen molar-refractivity contribution in [2.45, 2.75) is 60.0 Å². The molecule has 0 aliphatic heterocycles. The van der Waals surface area contributed by atoms with Crippen molar-refractivity contribution >= 4 is 11.9 Å². The van der Waals surface area contributed by atoms with Crippen molar-refractivity contribution in [3.8, 4) is 0 Å². The Balaban J connectivity index is 4.60. The third kappa shape index (κ3) is 5.49. The Bertz CT molecular complexity index is 313. The Labute approximate surface area is 109 Å². The van der Waals surface area contributed by atoms with Crippen LogP contribution in [0.4, 0.5) is 0 Å². The Morgan fingerprint density at radius 3 is 1.83 bits per heavy atom. The molecule has 0 rings (SSSR count). The van der Waals surface area contributed by atoms with Crippen molar-refractivity contribution in [3.63, 3.8) is 0 Å². The van der Waals surface area contributed by atoms with Crippen molar-refractivity contribution in [1.82, 2.24) is 5.32 Å². The first-order chi connectivity index (χ1) is 7.85. The van der Waals surface area contributed by atoms with Crippen molar-refractivity contribution in [1.29, 1.82) is 0 Å². The average molecular weight is 258 g/mol. The molecule has 0 heterocycles. The van der Waals surface area contributed by atoms with E-state index < -0.39 is 17.4 Å². The Morgan fingerprint density at radius 1 is 1.11 bits per heavy atom. The van der Waals surface area contributed by atoms with Gasteiger partial charge >= 0.3 is 5.97 Å². The second kappa shape index (κ2) is 5.69. The molecule has 0 aliphatic rings. The van der Waals surface area contributed by atoms with Crippen LogP contribution in [-0.4, -0.2) is 29.1 Å². The molecule has 0 fully saturated rings. The van der Waals surface area contributed by atoms with E-state index in [9.17, 15) is 9.59 Å². The maximum atomic E-state index is 11.8. The number of amides is 1. The second-order valence-electron chi connectivity index (χ2n) is 6.88. The predicted molar refractivity (Wildman–Crippen MR) is 71.1 cm³/mol. The van der Waals surface area contributed by atoms with Crippen molar-refractivity contribution in [2.75, 3.05) is 0 Å². The van der Waals surface area contributed by atoms with Gasteiger partial charge in [0, 0.05) is 12.5 Å². The van der Waals surface area contributed by atoms with Crippen LogP contribution in [0.5, 0.6) is 0 Å². The number of hydrogen-bond acceptors (Lipinski definition) is 3. The van der Waals surface area contributed by atoms with E-state index in [2.05, 4.69) is 5.32 Å². The predicted octanol–water partition coefficient (Wildman–Crippen LogP) is 1.37. The Morgan fingerprint density at radius 2 is 1.56 bits per heavy atom. The maximum absolute atomic E-state index is 11.8. The Hall–Kier alpha value is -1.10. The molecule has 0 radical (unpaired) electrons. The van der Waals surface area contributed by atoms with Crippen LogP contribution >= 0.6 is 0 Å². The van der Waals surface area contributed by atoms with E-state index in [1.807, 2.05) is 20.8 Å². The van der Waals surface area contributed by atoms with E-state index in [-0.39, 0.29) is 23.8 Å². The molecule has 4 N–H and O–H groups in total. The van der Waals surface area contributed by atoms with Crippen LogP contribution < -0.4 is 11.1 Å². The van der Waals surface area contributed by atoms with Crippen LogP contribution in [0, 0.1) is 10.8 Å². The summed E-state index contributed by atoms with van der Waals surface area (Å²) in [4.78, 5) is 22.9. The van der Waals surface area contributed by atoms with E-state index in [1.54, 1.807) is 20.8 Å². The number of hydrogen-bond donors (Lipinski definition) is 3. The molecular weight excluding hydrogens is 232 g/mol. The monoisotopic (exact) mass is 258 g/mol. The fourth-order valence-corrected chi connectivity index (χ4v) is 1.37. The molecule has 0 spiro atoms. The third-order valence-electron chi connectivity index (χ3n) is 2.94. The summed E-state index contributed by atoms with van der Waals surface area (Å²) in [6.45, 7) is 11.2. The minimum absolute atomic E-state index is 0.128. The normalized spacial score (nSPS) is 15.9. The Kier molecular flexibility index (Phi) is 5.35. The van der Waals surface area contributed by atoms with Gasteiger partial charge in [0.2, 0.25) is 5.91 Å². The molecule has 0 bridgehead atoms. The minimum Gasteiger partial charge on any atom is -0.480 e. The van der Waals surface area contributed by atoms with Crippen LogP contribution in [0.15, 0.2) is 0 Å². The third-order valence-corrected chi connectivity index (χ3v) is 2.94. The van der Waals surface area contributed by atoms with Crippen molar-refractivity contribution in [3.05, 3.63) is 0 Å². The highest BCUT2D eigenvalue weighted by Gasteiger charge is 2.33. The molecule has 106 valence electrons. The van der Waals surface area contributed by atoms with Gasteiger partial charge in [-0.15, -0.1) is 0 Å². The molecule has 0 saturated heterocycles. The second-order valence-corrected chi connectivity index (χ2v) is 6.88. The largest absolute Gasteiger partial charge is 0.480 e. The van der Waals surface area contributed by atoms with Gasteiger partial charge in [0.25, 0.3) is 0 Å². The molecule has 0 aromatic rings. The zero-order chi connectivity index (χ0) is 14.7. The number of carbonyl (C=O) groups excluding carboxylic acids is 1. The summed E-state index contributed by atoms with van der Waals surface area (Å²) in [5.41, 5.74) is 5.19. The van der Waals surface area contributed by atoms with Crippen LogP contribution in [0.1, 0.15) is 48.0 Å². The zero-order valence-electron chi connectivity index (χ0n) is 12.2. The van der Waals surface area contributed by atoms with Gasteiger partial charge in [0.1, 0.15) is 6.04 Å². The SMILES string of the molecule is CC(C)(C)C(N)CC(=O)N[C@H](C(=O)O)C(C)(C)C. The maximum Gasteiger partial charge on any atom is 0.326 e. The van der Waals surface area contributed by atoms with Crippen LogP contribution in [0.2, 0.25) is 0 Å². The topological polar surface area (TPSA) is 92.4 Å². The lowest BCUT2D eigenvalue weighted by Gasteiger charge is -2.30. The fourth-order valence-electron chi connectivity index (χ4n) is 1.37. The van der Waals surface area contributed by atoms with Gasteiger partial charge in [0.05, 0.1) is 0 Å². The standard InChI is InChI=1S/C13H26N2O3/c1-12(2,3)8(14)7-9(16)15-10(11(17)18)13(4,5)6/h8,10H,7,14H2,1-6H3,(H,15,16)(H,17,18)/t8?,10-/m1/s1. The molecular formula is C13H26N2O3. The number of aliphatic carboxylic acids is 1. The smallest absolute Gasteiger partial charge is 0.326 e. The summed E-state index contributed by atoms with van der Waals surface area (Å²) < 4.78 is 0. The molecule has 0 saturated carbocycles. The highest BCUT2D eigenvalue weighted by atomic mass is 16.4. The van der Waals surface area contributed by atoms with Gasteiger partial charge in [-0.3, -0.25) is 4.79 Å². The number of nitrogens with one attached hydrogen (secondary N) is 1. The van der Waals surface area contributed by atoms with E-state index in [0.29, 0.717) is 0 Å². The lowest BCUT2D eigenvalue weighted by molar-refractivity contribution is -0.145. The van der Waals surface area contributed by atoms with Gasteiger partial charge in [-0.1, -0.05) is 41.5 Å². The highest BCUT2D eigenvalue weighted by molar-refractivity contribution is 5.84. The van der Waals surface area contributed by atoms with Gasteiger partial charge in [-0.25, -0.2) is 4.79 Å². The number of carboxylic acid groups (broad SMARTS) is 1. The molecule has 0 aliphatic carbocycles. The summed E-state index contributed by atoms with van der Waals surface area (Å²) in [7, 11) is 0. The van der Waals surface area contributed by atoms with E-state index in [0.717, 1.165) is 0 Å². The van der Waals surface area contributed by atoms with Crippen LogP contribution in [0.3, 0.4) is 0 Å². The first-order valence-electron chi connectivity index (χ1n) is 6.13. The van der Waals surface area contributed by atoms with Gasteiger partial charge in [0.15, 0.2) is 0 Å².